The van der Waals surface area contributed by atoms with Gasteiger partial charge in [-0.1, -0.05) is 6.07 Å². The van der Waals surface area contributed by atoms with Gasteiger partial charge in [-0.05, 0) is 17.7 Å². The van der Waals surface area contributed by atoms with Gasteiger partial charge in [0.05, 0.1) is 7.11 Å². The maximum Gasteiger partial charge on any atom is 0.165 e. The number of halogens is 1. The number of rotatable bonds is 4. The van der Waals surface area contributed by atoms with E-state index in [-0.39, 0.29) is 11.8 Å². The molecule has 1 heterocycles. The summed E-state index contributed by atoms with van der Waals surface area (Å²) in [4.78, 5) is 4.23. The average Bonchev–Trinajstić information content (AvgIpc) is 2.79. The second-order valence-electron chi connectivity index (χ2n) is 3.89. The summed E-state index contributed by atoms with van der Waals surface area (Å²) in [5, 5.41) is 0. The first-order valence-electron chi connectivity index (χ1n) is 5.44. The number of nitrogens with one attached hydrogen (secondary N) is 1. The molecule has 0 amide bonds. The number of methoxy groups -OCH3 is 1. The van der Waals surface area contributed by atoms with E-state index in [0.717, 1.165) is 11.4 Å². The van der Waals surface area contributed by atoms with Crippen molar-refractivity contribution in [2.75, 3.05) is 7.11 Å². The van der Waals surface area contributed by atoms with Crippen LogP contribution in [0.1, 0.15) is 17.4 Å². The van der Waals surface area contributed by atoms with Gasteiger partial charge < -0.3 is 9.30 Å². The number of imidazole rings is 1. The number of aryl methyl sites for hydroxylation is 1. The van der Waals surface area contributed by atoms with Crippen LogP contribution < -0.4 is 16.0 Å². The SMILES string of the molecule is COc1cc(C(NN)c2nccn2C)ccc1F. The molecule has 0 saturated heterocycles. The van der Waals surface area contributed by atoms with E-state index in [1.165, 1.54) is 13.2 Å². The van der Waals surface area contributed by atoms with Crippen LogP contribution in [0.2, 0.25) is 0 Å². The molecule has 0 radical (unpaired) electrons. The predicted molar refractivity (Wildman–Crippen MR) is 65.3 cm³/mol. The van der Waals surface area contributed by atoms with Crippen molar-refractivity contribution in [2.24, 2.45) is 12.9 Å². The van der Waals surface area contributed by atoms with Crippen molar-refractivity contribution in [3.8, 4) is 5.75 Å². The minimum Gasteiger partial charge on any atom is -0.494 e. The predicted octanol–water partition coefficient (Wildman–Crippen LogP) is 1.12. The second kappa shape index (κ2) is 5.16. The molecule has 0 saturated carbocycles. The van der Waals surface area contributed by atoms with Crippen molar-refractivity contribution in [3.05, 3.63) is 47.8 Å². The maximum atomic E-state index is 13.4. The summed E-state index contributed by atoms with van der Waals surface area (Å²) >= 11 is 0. The van der Waals surface area contributed by atoms with E-state index < -0.39 is 5.82 Å². The molecule has 5 nitrogen and oxygen atoms in total. The first-order valence-corrected chi connectivity index (χ1v) is 5.44. The molecule has 96 valence electrons. The van der Waals surface area contributed by atoms with E-state index in [1.807, 2.05) is 17.8 Å². The van der Waals surface area contributed by atoms with Crippen molar-refractivity contribution in [3.63, 3.8) is 0 Å². The van der Waals surface area contributed by atoms with Crippen molar-refractivity contribution in [1.82, 2.24) is 15.0 Å². The van der Waals surface area contributed by atoms with Gasteiger partial charge in [-0.3, -0.25) is 5.84 Å². The lowest BCUT2D eigenvalue weighted by Crippen LogP contribution is -2.30. The highest BCUT2D eigenvalue weighted by molar-refractivity contribution is 5.34. The fraction of sp³-hybridized carbons (Fsp3) is 0.250. The van der Waals surface area contributed by atoms with Crippen LogP contribution in [-0.2, 0) is 7.05 Å². The summed E-state index contributed by atoms with van der Waals surface area (Å²) in [6.45, 7) is 0. The molecule has 6 heteroatoms. The molecule has 1 aromatic carbocycles. The largest absolute Gasteiger partial charge is 0.494 e. The molecular formula is C12H15FN4O. The maximum absolute atomic E-state index is 13.4. The number of hydrogen-bond acceptors (Lipinski definition) is 4. The Labute approximate surface area is 104 Å². The number of hydrogen-bond donors (Lipinski definition) is 2. The number of nitrogens with zero attached hydrogens (tertiary/aromatic N) is 2. The third-order valence-corrected chi connectivity index (χ3v) is 2.79. The highest BCUT2D eigenvalue weighted by Gasteiger charge is 2.18. The van der Waals surface area contributed by atoms with Gasteiger partial charge in [0.2, 0.25) is 0 Å². The average molecular weight is 250 g/mol. The van der Waals surface area contributed by atoms with Crippen LogP contribution in [0.4, 0.5) is 4.39 Å². The van der Waals surface area contributed by atoms with E-state index in [1.54, 1.807) is 18.3 Å². The molecule has 1 unspecified atom stereocenters. The topological polar surface area (TPSA) is 65.1 Å². The minimum atomic E-state index is -0.406. The number of aromatic nitrogens is 2. The normalized spacial score (nSPS) is 12.4. The minimum absolute atomic E-state index is 0.182. The van der Waals surface area contributed by atoms with Gasteiger partial charge in [0.25, 0.3) is 0 Å². The summed E-state index contributed by atoms with van der Waals surface area (Å²) in [6.07, 6.45) is 3.50. The molecule has 0 aliphatic rings. The molecule has 1 atom stereocenters. The summed E-state index contributed by atoms with van der Waals surface area (Å²) in [5.74, 6) is 6.08. The standard InChI is InChI=1S/C12H15FN4O/c1-17-6-5-15-12(17)11(16-14)8-3-4-9(13)10(7-8)18-2/h3-7,11,16H,14H2,1-2H3. The zero-order valence-corrected chi connectivity index (χ0v) is 10.2. The molecule has 0 spiro atoms. The number of ether oxygens (including phenoxy) is 1. The summed E-state index contributed by atoms with van der Waals surface area (Å²) < 4.78 is 20.2. The highest BCUT2D eigenvalue weighted by atomic mass is 19.1. The second-order valence-corrected chi connectivity index (χ2v) is 3.89. The third kappa shape index (κ3) is 2.20. The Bertz CT molecular complexity index is 541. The Morgan fingerprint density at radius 2 is 2.28 bits per heavy atom. The molecule has 0 aliphatic heterocycles. The quantitative estimate of drug-likeness (QED) is 0.630. The van der Waals surface area contributed by atoms with Crippen LogP contribution in [-0.4, -0.2) is 16.7 Å². The summed E-state index contributed by atoms with van der Waals surface area (Å²) in [5.41, 5.74) is 3.45. The van der Waals surface area contributed by atoms with Crippen LogP contribution in [0.5, 0.6) is 5.75 Å². The molecule has 0 aliphatic carbocycles. The van der Waals surface area contributed by atoms with Crippen molar-refractivity contribution < 1.29 is 9.13 Å². The van der Waals surface area contributed by atoms with Crippen LogP contribution in [0.15, 0.2) is 30.6 Å². The van der Waals surface area contributed by atoms with Gasteiger partial charge in [-0.15, -0.1) is 0 Å². The van der Waals surface area contributed by atoms with Gasteiger partial charge in [0, 0.05) is 19.4 Å². The number of benzene rings is 1. The van der Waals surface area contributed by atoms with Gasteiger partial charge in [0.15, 0.2) is 11.6 Å². The van der Waals surface area contributed by atoms with Gasteiger partial charge in [-0.2, -0.15) is 0 Å². The van der Waals surface area contributed by atoms with Crippen LogP contribution in [0.25, 0.3) is 0 Å². The number of nitrogens with two attached hydrogens (primary N) is 1. The first kappa shape index (κ1) is 12.5. The molecule has 3 N–H and O–H groups in total. The molecule has 0 fully saturated rings. The lowest BCUT2D eigenvalue weighted by atomic mass is 10.1. The Kier molecular flexibility index (Phi) is 3.59. The molecule has 1 aromatic heterocycles. The lowest BCUT2D eigenvalue weighted by molar-refractivity contribution is 0.385. The molecule has 2 aromatic rings. The smallest absolute Gasteiger partial charge is 0.165 e. The van der Waals surface area contributed by atoms with E-state index >= 15 is 0 Å². The summed E-state index contributed by atoms with van der Waals surface area (Å²) in [7, 11) is 3.29. The fourth-order valence-corrected chi connectivity index (χ4v) is 1.83. The molecule has 0 bridgehead atoms. The Morgan fingerprint density at radius 1 is 1.50 bits per heavy atom. The Morgan fingerprint density at radius 3 is 2.83 bits per heavy atom. The molecular weight excluding hydrogens is 235 g/mol. The number of hydrazine groups is 1. The van der Waals surface area contributed by atoms with Crippen LogP contribution >= 0.6 is 0 Å². The van der Waals surface area contributed by atoms with Crippen LogP contribution in [0.3, 0.4) is 0 Å². The van der Waals surface area contributed by atoms with Crippen molar-refractivity contribution in [1.29, 1.82) is 0 Å². The monoisotopic (exact) mass is 250 g/mol. The molecule has 2 rings (SSSR count). The van der Waals surface area contributed by atoms with E-state index in [4.69, 9.17) is 10.6 Å². The summed E-state index contributed by atoms with van der Waals surface area (Å²) in [6, 6.07) is 4.28. The Hall–Kier alpha value is -1.92. The van der Waals surface area contributed by atoms with Gasteiger partial charge in [-0.25, -0.2) is 14.8 Å². The van der Waals surface area contributed by atoms with Gasteiger partial charge in [0.1, 0.15) is 11.9 Å². The molecule has 18 heavy (non-hydrogen) atoms. The zero-order chi connectivity index (χ0) is 13.1. The Balaban J connectivity index is 2.42. The first-order chi connectivity index (χ1) is 8.67. The van der Waals surface area contributed by atoms with Crippen molar-refractivity contribution in [2.45, 2.75) is 6.04 Å². The fourth-order valence-electron chi connectivity index (χ4n) is 1.83. The van der Waals surface area contributed by atoms with E-state index in [9.17, 15) is 4.39 Å². The van der Waals surface area contributed by atoms with Crippen LogP contribution in [0, 0.1) is 5.82 Å². The van der Waals surface area contributed by atoms with Gasteiger partial charge >= 0.3 is 0 Å². The van der Waals surface area contributed by atoms with E-state index in [2.05, 4.69) is 10.4 Å². The van der Waals surface area contributed by atoms with Crippen molar-refractivity contribution >= 4 is 0 Å². The van der Waals surface area contributed by atoms with E-state index in [0.29, 0.717) is 0 Å². The third-order valence-electron chi connectivity index (χ3n) is 2.79. The zero-order valence-electron chi connectivity index (χ0n) is 10.2. The highest BCUT2D eigenvalue weighted by Crippen LogP contribution is 2.25. The lowest BCUT2D eigenvalue weighted by Gasteiger charge is -2.17.